The Morgan fingerprint density at radius 3 is 1.70 bits per heavy atom. The van der Waals surface area contributed by atoms with Gasteiger partial charge >= 0.3 is 0 Å². The van der Waals surface area contributed by atoms with E-state index in [-0.39, 0.29) is 6.10 Å². The third-order valence-electron chi connectivity index (χ3n) is 6.43. The van der Waals surface area contributed by atoms with Crippen LogP contribution in [0.3, 0.4) is 0 Å². The minimum atomic E-state index is -0.00581. The fraction of sp³-hybridized carbons (Fsp3) is 1.00. The smallest absolute Gasteiger partial charge is 0.0596 e. The summed E-state index contributed by atoms with van der Waals surface area (Å²) in [4.78, 5) is 0. The van der Waals surface area contributed by atoms with Crippen LogP contribution in [0.2, 0.25) is 0 Å². The van der Waals surface area contributed by atoms with Crippen molar-refractivity contribution in [2.24, 2.45) is 29.1 Å². The summed E-state index contributed by atoms with van der Waals surface area (Å²) in [7, 11) is 0. The van der Waals surface area contributed by atoms with E-state index in [1.54, 1.807) is 0 Å². The van der Waals surface area contributed by atoms with E-state index in [4.69, 9.17) is 0 Å². The molecule has 0 amide bonds. The van der Waals surface area contributed by atoms with Crippen molar-refractivity contribution < 1.29 is 5.11 Å². The Kier molecular flexibility index (Phi) is 5.56. The molecule has 0 aromatic rings. The quantitative estimate of drug-likeness (QED) is 0.732. The van der Waals surface area contributed by atoms with Crippen molar-refractivity contribution in [1.29, 1.82) is 0 Å². The lowest BCUT2D eigenvalue weighted by Gasteiger charge is -2.41. The molecular weight excluding hydrogens is 244 g/mol. The van der Waals surface area contributed by atoms with E-state index in [1.807, 2.05) is 0 Å². The number of aliphatic hydroxyl groups excluding tert-OH is 1. The Bertz CT molecular complexity index is 275. The first kappa shape index (κ1) is 16.3. The van der Waals surface area contributed by atoms with Crippen molar-refractivity contribution in [2.45, 2.75) is 91.6 Å². The Hall–Kier alpha value is -0.0400. The molecule has 0 spiro atoms. The number of rotatable bonds is 3. The number of hydrogen-bond acceptors (Lipinski definition) is 1. The van der Waals surface area contributed by atoms with Gasteiger partial charge in [-0.2, -0.15) is 0 Å². The summed E-state index contributed by atoms with van der Waals surface area (Å²) in [5.74, 6) is 3.00. The van der Waals surface area contributed by atoms with E-state index < -0.39 is 0 Å². The van der Waals surface area contributed by atoms with Gasteiger partial charge in [0.2, 0.25) is 0 Å². The van der Waals surface area contributed by atoms with Gasteiger partial charge in [-0.05, 0) is 67.6 Å². The summed E-state index contributed by atoms with van der Waals surface area (Å²) < 4.78 is 0. The summed E-state index contributed by atoms with van der Waals surface area (Å²) in [5, 5.41) is 10.7. The van der Waals surface area contributed by atoms with Crippen LogP contribution in [0.4, 0.5) is 0 Å². The number of hydrogen-bond donors (Lipinski definition) is 1. The van der Waals surface area contributed by atoms with Crippen LogP contribution >= 0.6 is 0 Å². The van der Waals surface area contributed by atoms with Crippen LogP contribution < -0.4 is 0 Å². The molecule has 2 saturated carbocycles. The maximum atomic E-state index is 10.7. The fourth-order valence-electron chi connectivity index (χ4n) is 4.65. The van der Waals surface area contributed by atoms with Crippen molar-refractivity contribution in [1.82, 2.24) is 0 Å². The largest absolute Gasteiger partial charge is 0.393 e. The van der Waals surface area contributed by atoms with E-state index in [9.17, 15) is 5.11 Å². The highest BCUT2D eigenvalue weighted by Crippen LogP contribution is 2.43. The molecule has 0 bridgehead atoms. The lowest BCUT2D eigenvalue weighted by Crippen LogP contribution is -2.36. The minimum Gasteiger partial charge on any atom is -0.393 e. The second-order valence-corrected chi connectivity index (χ2v) is 8.66. The molecule has 0 aromatic heterocycles. The summed E-state index contributed by atoms with van der Waals surface area (Å²) in [6.45, 7) is 9.44. The van der Waals surface area contributed by atoms with Crippen molar-refractivity contribution in [3.8, 4) is 0 Å². The monoisotopic (exact) mass is 280 g/mol. The third-order valence-corrected chi connectivity index (χ3v) is 6.43. The first-order valence-electron chi connectivity index (χ1n) is 9.09. The lowest BCUT2D eigenvalue weighted by molar-refractivity contribution is -0.00243. The zero-order valence-corrected chi connectivity index (χ0v) is 14.2. The summed E-state index contributed by atoms with van der Waals surface area (Å²) in [6, 6.07) is 0. The zero-order chi connectivity index (χ0) is 14.8. The highest BCUT2D eigenvalue weighted by atomic mass is 16.3. The molecule has 0 radical (unpaired) electrons. The second-order valence-electron chi connectivity index (χ2n) is 8.66. The Balaban J connectivity index is 1.79. The summed E-state index contributed by atoms with van der Waals surface area (Å²) >= 11 is 0. The molecule has 1 nitrogen and oxygen atoms in total. The topological polar surface area (TPSA) is 20.2 Å². The van der Waals surface area contributed by atoms with Crippen LogP contribution in [-0.4, -0.2) is 11.2 Å². The number of aliphatic hydroxyl groups is 1. The zero-order valence-electron chi connectivity index (χ0n) is 14.2. The van der Waals surface area contributed by atoms with Gasteiger partial charge < -0.3 is 5.11 Å². The Labute approximate surface area is 126 Å². The molecule has 0 saturated heterocycles. The van der Waals surface area contributed by atoms with Crippen LogP contribution in [0.1, 0.15) is 85.5 Å². The molecule has 0 heterocycles. The van der Waals surface area contributed by atoms with Gasteiger partial charge in [0, 0.05) is 0 Å². The first-order chi connectivity index (χ1) is 9.41. The van der Waals surface area contributed by atoms with Crippen LogP contribution in [0, 0.1) is 29.1 Å². The molecule has 0 aromatic carbocycles. The van der Waals surface area contributed by atoms with Gasteiger partial charge in [-0.25, -0.2) is 0 Å². The van der Waals surface area contributed by atoms with Gasteiger partial charge in [0.15, 0.2) is 0 Å². The maximum absolute atomic E-state index is 10.7. The predicted molar refractivity (Wildman–Crippen MR) is 86.6 cm³/mol. The van der Waals surface area contributed by atoms with Crippen LogP contribution in [0.25, 0.3) is 0 Å². The maximum Gasteiger partial charge on any atom is 0.0596 e. The molecule has 1 N–H and O–H groups in total. The van der Waals surface area contributed by atoms with Gasteiger partial charge in [-0.15, -0.1) is 0 Å². The van der Waals surface area contributed by atoms with Crippen molar-refractivity contribution in [3.05, 3.63) is 0 Å². The van der Waals surface area contributed by atoms with Crippen molar-refractivity contribution >= 4 is 0 Å². The van der Waals surface area contributed by atoms with Crippen molar-refractivity contribution in [2.75, 3.05) is 0 Å². The van der Waals surface area contributed by atoms with Gasteiger partial charge in [-0.1, -0.05) is 47.0 Å². The molecule has 2 aliphatic carbocycles. The Morgan fingerprint density at radius 2 is 1.30 bits per heavy atom. The standard InChI is InChI=1S/C19H36O/c1-5-14-6-8-15(9-7-14)18(20)16-10-12-17(13-11-16)19(2,3)4/h14-18,20H,5-13H2,1-4H3. The van der Waals surface area contributed by atoms with E-state index >= 15 is 0 Å². The summed E-state index contributed by atoms with van der Waals surface area (Å²) in [6.07, 6.45) is 11.8. The molecule has 20 heavy (non-hydrogen) atoms. The molecule has 2 rings (SSSR count). The first-order valence-corrected chi connectivity index (χ1v) is 9.09. The van der Waals surface area contributed by atoms with Crippen LogP contribution in [-0.2, 0) is 0 Å². The van der Waals surface area contributed by atoms with Gasteiger partial charge in [0.05, 0.1) is 6.10 Å². The highest BCUT2D eigenvalue weighted by molar-refractivity contribution is 4.87. The molecule has 0 aliphatic heterocycles. The molecule has 2 aliphatic rings. The van der Waals surface area contributed by atoms with Gasteiger partial charge in [0.1, 0.15) is 0 Å². The molecule has 118 valence electrons. The average Bonchev–Trinajstić information content (AvgIpc) is 2.46. The average molecular weight is 280 g/mol. The molecule has 1 atom stereocenters. The predicted octanol–water partition coefficient (Wildman–Crippen LogP) is 5.42. The van der Waals surface area contributed by atoms with Crippen molar-refractivity contribution in [3.63, 3.8) is 0 Å². The second kappa shape index (κ2) is 6.81. The van der Waals surface area contributed by atoms with Gasteiger partial charge in [0.25, 0.3) is 0 Å². The van der Waals surface area contributed by atoms with Crippen LogP contribution in [0.5, 0.6) is 0 Å². The third kappa shape index (κ3) is 4.00. The van der Waals surface area contributed by atoms with Crippen LogP contribution in [0.15, 0.2) is 0 Å². The highest BCUT2D eigenvalue weighted by Gasteiger charge is 2.36. The fourth-order valence-corrected chi connectivity index (χ4v) is 4.65. The molecular formula is C19H36O. The van der Waals surface area contributed by atoms with E-state index in [0.29, 0.717) is 17.3 Å². The molecule has 1 heteroatoms. The Morgan fingerprint density at radius 1 is 0.850 bits per heavy atom. The lowest BCUT2D eigenvalue weighted by atomic mass is 9.66. The molecule has 1 unspecified atom stereocenters. The normalized spacial score (nSPS) is 37.6. The van der Waals surface area contributed by atoms with E-state index in [2.05, 4.69) is 27.7 Å². The van der Waals surface area contributed by atoms with E-state index in [1.165, 1.54) is 57.8 Å². The van der Waals surface area contributed by atoms with E-state index in [0.717, 1.165) is 11.8 Å². The molecule has 2 fully saturated rings. The van der Waals surface area contributed by atoms with Gasteiger partial charge in [-0.3, -0.25) is 0 Å². The summed E-state index contributed by atoms with van der Waals surface area (Å²) in [5.41, 5.74) is 0.453. The SMILES string of the molecule is CCC1CCC(C(O)C2CCC(C(C)(C)C)CC2)CC1. The minimum absolute atomic E-state index is 0.00581.